The first-order valence-corrected chi connectivity index (χ1v) is 7.37. The molecular weight excluding hydrogens is 248 g/mol. The van der Waals surface area contributed by atoms with E-state index in [1.165, 1.54) is 5.56 Å². The third-order valence-corrected chi connectivity index (χ3v) is 3.21. The highest BCUT2D eigenvalue weighted by Crippen LogP contribution is 2.04. The van der Waals surface area contributed by atoms with Crippen LogP contribution in [0, 0.1) is 5.92 Å². The van der Waals surface area contributed by atoms with Gasteiger partial charge in [0.05, 0.1) is 6.54 Å². The van der Waals surface area contributed by atoms with E-state index < -0.39 is 0 Å². The van der Waals surface area contributed by atoms with Gasteiger partial charge in [0.2, 0.25) is 0 Å². The van der Waals surface area contributed by atoms with E-state index in [4.69, 9.17) is 0 Å². The van der Waals surface area contributed by atoms with Gasteiger partial charge in [-0.1, -0.05) is 44.2 Å². The second-order valence-corrected chi connectivity index (χ2v) is 5.51. The van der Waals surface area contributed by atoms with Crippen molar-refractivity contribution in [2.75, 3.05) is 6.54 Å². The summed E-state index contributed by atoms with van der Waals surface area (Å²) in [6, 6.07) is 10.6. The van der Waals surface area contributed by atoms with Crippen LogP contribution >= 0.6 is 0 Å². The average Bonchev–Trinajstić information content (AvgIpc) is 2.87. The number of rotatable bonds is 8. The van der Waals surface area contributed by atoms with Crippen LogP contribution < -0.4 is 5.32 Å². The van der Waals surface area contributed by atoms with Gasteiger partial charge < -0.3 is 5.32 Å². The van der Waals surface area contributed by atoms with Crippen molar-refractivity contribution in [2.45, 2.75) is 39.8 Å². The molecule has 2 aromatic rings. The van der Waals surface area contributed by atoms with Gasteiger partial charge in [-0.15, -0.1) is 0 Å². The highest BCUT2D eigenvalue weighted by atomic mass is 15.3. The van der Waals surface area contributed by atoms with Crippen LogP contribution in [0.5, 0.6) is 0 Å². The molecule has 0 radical (unpaired) electrons. The summed E-state index contributed by atoms with van der Waals surface area (Å²) in [5.74, 6) is 1.68. The average molecular weight is 272 g/mol. The maximum atomic E-state index is 4.33. The molecule has 4 nitrogen and oxygen atoms in total. The van der Waals surface area contributed by atoms with Crippen LogP contribution in [-0.4, -0.2) is 21.3 Å². The van der Waals surface area contributed by atoms with Crippen LogP contribution in [0.25, 0.3) is 0 Å². The first-order valence-electron chi connectivity index (χ1n) is 7.37. The van der Waals surface area contributed by atoms with Gasteiger partial charge in [0.15, 0.2) is 0 Å². The molecule has 1 aromatic carbocycles. The molecule has 0 aliphatic carbocycles. The summed E-state index contributed by atoms with van der Waals surface area (Å²) in [7, 11) is 0. The topological polar surface area (TPSA) is 42.7 Å². The molecule has 0 bridgehead atoms. The zero-order valence-corrected chi connectivity index (χ0v) is 12.4. The zero-order valence-electron chi connectivity index (χ0n) is 12.4. The summed E-state index contributed by atoms with van der Waals surface area (Å²) in [6.07, 6.45) is 3.82. The largest absolute Gasteiger partial charge is 0.310 e. The molecule has 0 unspecified atom stereocenters. The van der Waals surface area contributed by atoms with E-state index in [-0.39, 0.29) is 0 Å². The summed E-state index contributed by atoms with van der Waals surface area (Å²) in [5, 5.41) is 7.72. The van der Waals surface area contributed by atoms with Crippen molar-refractivity contribution in [3.8, 4) is 0 Å². The van der Waals surface area contributed by atoms with Crippen molar-refractivity contribution in [1.29, 1.82) is 0 Å². The van der Waals surface area contributed by atoms with Crippen molar-refractivity contribution in [2.24, 2.45) is 5.92 Å². The fraction of sp³-hybridized carbons (Fsp3) is 0.500. The second-order valence-electron chi connectivity index (χ2n) is 5.51. The Morgan fingerprint density at radius 2 is 2.00 bits per heavy atom. The van der Waals surface area contributed by atoms with Crippen LogP contribution in [0.2, 0.25) is 0 Å². The van der Waals surface area contributed by atoms with E-state index in [0.29, 0.717) is 5.92 Å². The lowest BCUT2D eigenvalue weighted by Crippen LogP contribution is -2.22. The molecule has 1 N–H and O–H groups in total. The van der Waals surface area contributed by atoms with Gasteiger partial charge in [-0.3, -0.25) is 0 Å². The molecule has 0 saturated carbocycles. The van der Waals surface area contributed by atoms with E-state index in [0.717, 1.165) is 38.3 Å². The summed E-state index contributed by atoms with van der Waals surface area (Å²) in [5.41, 5.74) is 1.38. The molecule has 4 heteroatoms. The lowest BCUT2D eigenvalue weighted by molar-refractivity contribution is 0.502. The maximum Gasteiger partial charge on any atom is 0.140 e. The van der Waals surface area contributed by atoms with Crippen molar-refractivity contribution in [3.63, 3.8) is 0 Å². The minimum atomic E-state index is 0.657. The van der Waals surface area contributed by atoms with Gasteiger partial charge in [0, 0.05) is 6.54 Å². The Bertz CT molecular complexity index is 490. The molecule has 1 heterocycles. The van der Waals surface area contributed by atoms with E-state index in [2.05, 4.69) is 59.6 Å². The van der Waals surface area contributed by atoms with Crippen molar-refractivity contribution < 1.29 is 0 Å². The van der Waals surface area contributed by atoms with Crippen molar-refractivity contribution >= 4 is 0 Å². The third kappa shape index (κ3) is 4.78. The first-order chi connectivity index (χ1) is 9.75. The molecular formula is C16H24N4. The Morgan fingerprint density at radius 3 is 2.75 bits per heavy atom. The van der Waals surface area contributed by atoms with Gasteiger partial charge in [0.1, 0.15) is 12.2 Å². The normalized spacial score (nSPS) is 11.2. The van der Waals surface area contributed by atoms with Crippen LogP contribution in [-0.2, 0) is 19.5 Å². The maximum absolute atomic E-state index is 4.33. The monoisotopic (exact) mass is 272 g/mol. The van der Waals surface area contributed by atoms with Crippen LogP contribution in [0.1, 0.15) is 31.7 Å². The van der Waals surface area contributed by atoms with Crippen molar-refractivity contribution in [1.82, 2.24) is 20.1 Å². The first kappa shape index (κ1) is 14.7. The van der Waals surface area contributed by atoms with Crippen LogP contribution in [0.4, 0.5) is 0 Å². The Labute approximate surface area is 121 Å². The number of hydrogen-bond donors (Lipinski definition) is 1. The number of nitrogens with one attached hydrogen (secondary N) is 1. The Kier molecular flexibility index (Phi) is 5.74. The molecule has 0 atom stereocenters. The number of nitrogens with zero attached hydrogens (tertiary/aromatic N) is 3. The van der Waals surface area contributed by atoms with Gasteiger partial charge in [0.25, 0.3) is 0 Å². The fourth-order valence-electron chi connectivity index (χ4n) is 2.16. The van der Waals surface area contributed by atoms with Gasteiger partial charge >= 0.3 is 0 Å². The molecule has 0 aliphatic heterocycles. The molecule has 2 rings (SSSR count). The number of aromatic nitrogens is 3. The third-order valence-electron chi connectivity index (χ3n) is 3.21. The zero-order chi connectivity index (χ0) is 14.2. The molecule has 0 aliphatic rings. The molecule has 1 aromatic heterocycles. The van der Waals surface area contributed by atoms with Crippen LogP contribution in [0.3, 0.4) is 0 Å². The lowest BCUT2D eigenvalue weighted by atomic mass is 10.1. The Hall–Kier alpha value is -1.68. The molecule has 20 heavy (non-hydrogen) atoms. The van der Waals surface area contributed by atoms with Crippen LogP contribution in [0.15, 0.2) is 36.7 Å². The van der Waals surface area contributed by atoms with Gasteiger partial charge in [-0.05, 0) is 30.9 Å². The Morgan fingerprint density at radius 1 is 1.20 bits per heavy atom. The molecule has 0 fully saturated rings. The van der Waals surface area contributed by atoms with Crippen molar-refractivity contribution in [3.05, 3.63) is 48.0 Å². The SMILES string of the molecule is CC(C)CNCc1ncnn1CCCc1ccccc1. The minimum Gasteiger partial charge on any atom is -0.310 e. The number of aryl methyl sites for hydroxylation is 2. The molecule has 108 valence electrons. The summed E-state index contributed by atoms with van der Waals surface area (Å²) >= 11 is 0. The molecule has 0 amide bonds. The molecule has 0 spiro atoms. The predicted octanol–water partition coefficient (Wildman–Crippen LogP) is 2.66. The number of benzene rings is 1. The summed E-state index contributed by atoms with van der Waals surface area (Å²) < 4.78 is 2.01. The molecule has 0 saturated heterocycles. The lowest BCUT2D eigenvalue weighted by Gasteiger charge is -2.09. The fourth-order valence-corrected chi connectivity index (χ4v) is 2.16. The number of hydrogen-bond acceptors (Lipinski definition) is 3. The quantitative estimate of drug-likeness (QED) is 0.803. The Balaban J connectivity index is 1.77. The second kappa shape index (κ2) is 7.80. The van der Waals surface area contributed by atoms with E-state index in [1.54, 1.807) is 6.33 Å². The highest BCUT2D eigenvalue weighted by Gasteiger charge is 2.04. The minimum absolute atomic E-state index is 0.657. The van der Waals surface area contributed by atoms with Gasteiger partial charge in [-0.25, -0.2) is 9.67 Å². The van der Waals surface area contributed by atoms with E-state index in [9.17, 15) is 0 Å². The van der Waals surface area contributed by atoms with E-state index in [1.807, 2.05) is 4.68 Å². The standard InChI is InChI=1S/C16H24N4/c1-14(2)11-17-12-16-18-13-19-20(16)10-6-9-15-7-4-3-5-8-15/h3-5,7-8,13-14,17H,6,9-12H2,1-2H3. The van der Waals surface area contributed by atoms with E-state index >= 15 is 0 Å². The summed E-state index contributed by atoms with van der Waals surface area (Å²) in [4.78, 5) is 4.33. The smallest absolute Gasteiger partial charge is 0.140 e. The highest BCUT2D eigenvalue weighted by molar-refractivity contribution is 5.14. The van der Waals surface area contributed by atoms with Gasteiger partial charge in [-0.2, -0.15) is 5.10 Å². The predicted molar refractivity (Wildman–Crippen MR) is 81.3 cm³/mol. The summed E-state index contributed by atoms with van der Waals surface area (Å²) in [6.45, 7) is 7.14.